The zero-order chi connectivity index (χ0) is 13.1. The molecule has 0 unspecified atom stereocenters. The first-order valence-electron chi connectivity index (χ1n) is 5.11. The molecule has 5 nitrogen and oxygen atoms in total. The molecule has 0 radical (unpaired) electrons. The van der Waals surface area contributed by atoms with Gasteiger partial charge in [-0.15, -0.1) is 0 Å². The first kappa shape index (κ1) is 13.4. The lowest BCUT2D eigenvalue weighted by Crippen LogP contribution is -2.31. The third-order valence-electron chi connectivity index (χ3n) is 2.26. The van der Waals surface area contributed by atoms with E-state index in [-0.39, 0.29) is 17.7 Å². The number of imide groups is 1. The molecule has 0 aromatic carbocycles. The minimum atomic E-state index is -0.311. The molecule has 2 heterocycles. The van der Waals surface area contributed by atoms with E-state index in [0.717, 1.165) is 16.7 Å². The minimum absolute atomic E-state index is 0.264. The van der Waals surface area contributed by atoms with Gasteiger partial charge in [-0.3, -0.25) is 14.5 Å². The van der Waals surface area contributed by atoms with Gasteiger partial charge in [0.25, 0.3) is 11.1 Å². The van der Waals surface area contributed by atoms with Crippen LogP contribution in [-0.2, 0) is 9.53 Å². The number of thioether (sulfide) groups is 1. The Morgan fingerprint density at radius 2 is 2.28 bits per heavy atom. The summed E-state index contributed by atoms with van der Waals surface area (Å²) in [5.41, 5.74) is 0. The van der Waals surface area contributed by atoms with Gasteiger partial charge < -0.3 is 9.15 Å². The van der Waals surface area contributed by atoms with Crippen LogP contribution in [0, 0.1) is 0 Å². The number of hydrogen-bond acceptors (Lipinski definition) is 5. The van der Waals surface area contributed by atoms with Gasteiger partial charge in [0, 0.05) is 13.2 Å². The first-order chi connectivity index (χ1) is 8.61. The largest absolute Gasteiger partial charge is 0.450 e. The summed E-state index contributed by atoms with van der Waals surface area (Å²) in [5, 5.41) is -0.283. The van der Waals surface area contributed by atoms with Gasteiger partial charge in [0.05, 0.1) is 18.1 Å². The average Bonchev–Trinajstić information content (AvgIpc) is 2.84. The predicted molar refractivity (Wildman–Crippen MR) is 71.0 cm³/mol. The van der Waals surface area contributed by atoms with Crippen molar-refractivity contribution >= 4 is 44.9 Å². The molecule has 0 bridgehead atoms. The Morgan fingerprint density at radius 3 is 2.89 bits per heavy atom. The summed E-state index contributed by atoms with van der Waals surface area (Å²) in [6.07, 6.45) is 1.56. The molecule has 96 valence electrons. The van der Waals surface area contributed by atoms with Crippen molar-refractivity contribution in [3.63, 3.8) is 0 Å². The van der Waals surface area contributed by atoms with Crippen molar-refractivity contribution in [1.29, 1.82) is 0 Å². The monoisotopic (exact) mass is 331 g/mol. The standard InChI is InChI=1S/C11H10BrNO4S/c1-16-5-4-13-10(14)8(18-11(13)15)6-7-2-3-9(12)17-7/h2-3,6H,4-5H2,1H3/b8-6+. The minimum Gasteiger partial charge on any atom is -0.450 e. The number of ether oxygens (including phenoxy) is 1. The van der Waals surface area contributed by atoms with Crippen molar-refractivity contribution in [1.82, 2.24) is 4.90 Å². The van der Waals surface area contributed by atoms with Gasteiger partial charge in [-0.05, 0) is 39.8 Å². The Labute approximate surface area is 116 Å². The summed E-state index contributed by atoms with van der Waals surface area (Å²) in [6.45, 7) is 0.595. The van der Waals surface area contributed by atoms with Crippen LogP contribution >= 0.6 is 27.7 Å². The quantitative estimate of drug-likeness (QED) is 0.794. The first-order valence-corrected chi connectivity index (χ1v) is 6.72. The van der Waals surface area contributed by atoms with Crippen LogP contribution in [0.3, 0.4) is 0 Å². The van der Waals surface area contributed by atoms with E-state index in [1.807, 2.05) is 0 Å². The van der Waals surface area contributed by atoms with Crippen LogP contribution in [0.25, 0.3) is 6.08 Å². The molecule has 0 N–H and O–H groups in total. The Hall–Kier alpha value is -1.05. The fraction of sp³-hybridized carbons (Fsp3) is 0.273. The second-order valence-electron chi connectivity index (χ2n) is 3.47. The lowest BCUT2D eigenvalue weighted by atomic mass is 10.3. The Bertz CT molecular complexity index is 511. The number of amides is 2. The number of halogens is 1. The van der Waals surface area contributed by atoms with Crippen LogP contribution in [0.5, 0.6) is 0 Å². The molecular formula is C11H10BrNO4S. The van der Waals surface area contributed by atoms with Gasteiger partial charge in [-0.2, -0.15) is 0 Å². The van der Waals surface area contributed by atoms with Crippen LogP contribution in [0.2, 0.25) is 0 Å². The molecule has 1 aliphatic heterocycles. The van der Waals surface area contributed by atoms with Gasteiger partial charge in [0.1, 0.15) is 5.76 Å². The van der Waals surface area contributed by atoms with Gasteiger partial charge in [-0.1, -0.05) is 0 Å². The highest BCUT2D eigenvalue weighted by Crippen LogP contribution is 2.32. The number of carbonyl (C=O) groups is 2. The van der Waals surface area contributed by atoms with Crippen molar-refractivity contribution in [2.24, 2.45) is 0 Å². The third kappa shape index (κ3) is 2.85. The summed E-state index contributed by atoms with van der Waals surface area (Å²) in [6, 6.07) is 3.44. The van der Waals surface area contributed by atoms with Crippen molar-refractivity contribution in [3.05, 3.63) is 27.5 Å². The second kappa shape index (κ2) is 5.73. The Morgan fingerprint density at radius 1 is 1.50 bits per heavy atom. The second-order valence-corrected chi connectivity index (χ2v) is 5.24. The molecule has 2 amide bonds. The molecule has 1 aromatic rings. The SMILES string of the molecule is COCCN1C(=O)S/C(=C/c2ccc(Br)o2)C1=O. The van der Waals surface area contributed by atoms with Crippen LogP contribution in [0.1, 0.15) is 5.76 Å². The Kier molecular flexibility index (Phi) is 4.26. The van der Waals surface area contributed by atoms with Crippen LogP contribution in [0.15, 0.2) is 26.1 Å². The van der Waals surface area contributed by atoms with Crippen LogP contribution in [0.4, 0.5) is 4.79 Å². The van der Waals surface area contributed by atoms with E-state index in [1.54, 1.807) is 18.2 Å². The number of rotatable bonds is 4. The van der Waals surface area contributed by atoms with E-state index >= 15 is 0 Å². The molecule has 1 aromatic heterocycles. The van der Waals surface area contributed by atoms with E-state index in [2.05, 4.69) is 15.9 Å². The molecule has 1 fully saturated rings. The summed E-state index contributed by atoms with van der Waals surface area (Å²) in [5.74, 6) is 0.216. The molecule has 0 spiro atoms. The van der Waals surface area contributed by atoms with Gasteiger partial charge in [0.15, 0.2) is 4.67 Å². The summed E-state index contributed by atoms with van der Waals surface area (Å²) in [7, 11) is 1.52. The highest BCUT2D eigenvalue weighted by molar-refractivity contribution is 9.10. The molecule has 0 aliphatic carbocycles. The lowest BCUT2D eigenvalue weighted by molar-refractivity contribution is -0.123. The molecule has 0 saturated carbocycles. The summed E-state index contributed by atoms with van der Waals surface area (Å²) < 4.78 is 10.7. The fourth-order valence-electron chi connectivity index (χ4n) is 1.41. The van der Waals surface area contributed by atoms with E-state index in [4.69, 9.17) is 9.15 Å². The predicted octanol–water partition coefficient (Wildman–Crippen LogP) is 2.72. The van der Waals surface area contributed by atoms with Crippen LogP contribution < -0.4 is 0 Å². The smallest absolute Gasteiger partial charge is 0.293 e. The third-order valence-corrected chi connectivity index (χ3v) is 3.59. The molecule has 1 saturated heterocycles. The van der Waals surface area contributed by atoms with Gasteiger partial charge >= 0.3 is 0 Å². The molecule has 0 atom stereocenters. The molecular weight excluding hydrogens is 322 g/mol. The van der Waals surface area contributed by atoms with Gasteiger partial charge in [0.2, 0.25) is 0 Å². The van der Waals surface area contributed by atoms with E-state index < -0.39 is 0 Å². The normalized spacial score (nSPS) is 18.1. The fourth-order valence-corrected chi connectivity index (χ4v) is 2.57. The number of carbonyl (C=O) groups excluding carboxylic acids is 2. The zero-order valence-electron chi connectivity index (χ0n) is 9.51. The number of methoxy groups -OCH3 is 1. The highest BCUT2D eigenvalue weighted by atomic mass is 79.9. The summed E-state index contributed by atoms with van der Waals surface area (Å²) >= 11 is 4.08. The van der Waals surface area contributed by atoms with Gasteiger partial charge in [-0.25, -0.2) is 0 Å². The Balaban J connectivity index is 2.14. The maximum atomic E-state index is 11.9. The van der Waals surface area contributed by atoms with Crippen molar-refractivity contribution in [2.75, 3.05) is 20.3 Å². The maximum Gasteiger partial charge on any atom is 0.293 e. The van der Waals surface area contributed by atoms with E-state index in [9.17, 15) is 9.59 Å². The number of furan rings is 1. The van der Waals surface area contributed by atoms with Crippen molar-refractivity contribution in [3.8, 4) is 0 Å². The van der Waals surface area contributed by atoms with E-state index in [1.165, 1.54) is 7.11 Å². The van der Waals surface area contributed by atoms with Crippen molar-refractivity contribution in [2.45, 2.75) is 0 Å². The highest BCUT2D eigenvalue weighted by Gasteiger charge is 2.34. The van der Waals surface area contributed by atoms with E-state index in [0.29, 0.717) is 21.9 Å². The lowest BCUT2D eigenvalue weighted by Gasteiger charge is -2.10. The molecule has 2 rings (SSSR count). The van der Waals surface area contributed by atoms with Crippen molar-refractivity contribution < 1.29 is 18.7 Å². The number of hydrogen-bond donors (Lipinski definition) is 0. The number of nitrogens with zero attached hydrogens (tertiary/aromatic N) is 1. The summed E-state index contributed by atoms with van der Waals surface area (Å²) in [4.78, 5) is 25.1. The van der Waals surface area contributed by atoms with Crippen LogP contribution in [-0.4, -0.2) is 36.3 Å². The topological polar surface area (TPSA) is 59.8 Å². The maximum absolute atomic E-state index is 11.9. The molecule has 1 aliphatic rings. The molecule has 18 heavy (non-hydrogen) atoms. The molecule has 7 heteroatoms. The zero-order valence-corrected chi connectivity index (χ0v) is 11.9. The average molecular weight is 332 g/mol.